The van der Waals surface area contributed by atoms with Crippen LogP contribution < -0.4 is 5.76 Å². The number of aliphatic hydroxyl groups excluding tert-OH is 1. The van der Waals surface area contributed by atoms with Crippen molar-refractivity contribution in [1.82, 2.24) is 4.57 Å². The summed E-state index contributed by atoms with van der Waals surface area (Å²) in [5.74, 6) is 0.0891. The van der Waals surface area contributed by atoms with E-state index >= 15 is 0 Å². The summed E-state index contributed by atoms with van der Waals surface area (Å²) in [6, 6.07) is 8.66. The number of rotatable bonds is 4. The normalized spacial score (nSPS) is 12.9. The topological polar surface area (TPSA) is 68.5 Å². The lowest BCUT2D eigenvalue weighted by Gasteiger charge is -2.07. The van der Waals surface area contributed by atoms with Gasteiger partial charge in [0.1, 0.15) is 11.9 Å². The van der Waals surface area contributed by atoms with Gasteiger partial charge in [0.15, 0.2) is 5.58 Å². The standard InChI is InChI=1S/C15H15NO4/c1-2-7-16-11-6-5-10(9-13(11)20-15(16)18)14(17)12-4-3-8-19-12/h3-6,8-9,14,17H,2,7H2,1H3. The number of benzene rings is 1. The third-order valence-electron chi connectivity index (χ3n) is 3.27. The molecule has 0 bridgehead atoms. The van der Waals surface area contributed by atoms with Crippen molar-refractivity contribution in [2.24, 2.45) is 0 Å². The van der Waals surface area contributed by atoms with Crippen molar-refractivity contribution in [2.75, 3.05) is 0 Å². The molecule has 0 aliphatic heterocycles. The molecule has 3 aromatic rings. The van der Waals surface area contributed by atoms with Crippen LogP contribution >= 0.6 is 0 Å². The van der Waals surface area contributed by atoms with E-state index in [0.717, 1.165) is 11.9 Å². The average Bonchev–Trinajstić information content (AvgIpc) is 3.07. The van der Waals surface area contributed by atoms with Crippen LogP contribution in [-0.4, -0.2) is 9.67 Å². The first-order chi connectivity index (χ1) is 9.70. The number of nitrogens with zero attached hydrogens (tertiary/aromatic N) is 1. The minimum atomic E-state index is -0.866. The fourth-order valence-corrected chi connectivity index (χ4v) is 2.30. The molecule has 0 amide bonds. The van der Waals surface area contributed by atoms with Gasteiger partial charge >= 0.3 is 5.76 Å². The number of furan rings is 1. The zero-order valence-corrected chi connectivity index (χ0v) is 11.1. The second-order valence-corrected chi connectivity index (χ2v) is 4.66. The molecule has 0 aliphatic rings. The minimum Gasteiger partial charge on any atom is -0.466 e. The second kappa shape index (κ2) is 5.02. The summed E-state index contributed by atoms with van der Waals surface area (Å²) >= 11 is 0. The summed E-state index contributed by atoms with van der Waals surface area (Å²) in [5, 5.41) is 10.2. The van der Waals surface area contributed by atoms with Crippen LogP contribution in [0, 0.1) is 0 Å². The Balaban J connectivity index is 2.06. The molecule has 5 nitrogen and oxygen atoms in total. The molecule has 0 spiro atoms. The molecule has 20 heavy (non-hydrogen) atoms. The molecule has 0 aliphatic carbocycles. The Bertz CT molecular complexity index is 767. The van der Waals surface area contributed by atoms with Crippen LogP contribution in [0.3, 0.4) is 0 Å². The van der Waals surface area contributed by atoms with Gasteiger partial charge in [0.25, 0.3) is 0 Å². The first-order valence-electron chi connectivity index (χ1n) is 6.55. The van der Waals surface area contributed by atoms with Gasteiger partial charge in [-0.25, -0.2) is 4.79 Å². The van der Waals surface area contributed by atoms with Crippen molar-refractivity contribution < 1.29 is 13.9 Å². The van der Waals surface area contributed by atoms with Crippen molar-refractivity contribution in [3.63, 3.8) is 0 Å². The van der Waals surface area contributed by atoms with Crippen molar-refractivity contribution in [3.05, 3.63) is 58.5 Å². The fraction of sp³-hybridized carbons (Fsp3) is 0.267. The Morgan fingerprint density at radius 3 is 2.90 bits per heavy atom. The number of aliphatic hydroxyl groups is 1. The molecule has 5 heteroatoms. The highest BCUT2D eigenvalue weighted by atomic mass is 16.4. The van der Waals surface area contributed by atoms with E-state index in [2.05, 4.69) is 0 Å². The molecule has 2 aromatic heterocycles. The van der Waals surface area contributed by atoms with Gasteiger partial charge in [0.2, 0.25) is 0 Å². The number of oxazole rings is 1. The lowest BCUT2D eigenvalue weighted by Crippen LogP contribution is -2.13. The number of fused-ring (bicyclic) bond motifs is 1. The highest BCUT2D eigenvalue weighted by molar-refractivity contribution is 5.74. The predicted octanol–water partition coefficient (Wildman–Crippen LogP) is 2.68. The first-order valence-corrected chi connectivity index (χ1v) is 6.55. The van der Waals surface area contributed by atoms with E-state index in [9.17, 15) is 9.90 Å². The minimum absolute atomic E-state index is 0.369. The summed E-state index contributed by atoms with van der Waals surface area (Å²) in [5.41, 5.74) is 1.85. The zero-order chi connectivity index (χ0) is 14.1. The van der Waals surface area contributed by atoms with Crippen LogP contribution in [0.4, 0.5) is 0 Å². The van der Waals surface area contributed by atoms with E-state index in [-0.39, 0.29) is 5.76 Å². The Labute approximate surface area is 115 Å². The van der Waals surface area contributed by atoms with Crippen LogP contribution in [0.1, 0.15) is 30.8 Å². The van der Waals surface area contributed by atoms with Gasteiger partial charge in [0, 0.05) is 6.54 Å². The van der Waals surface area contributed by atoms with E-state index in [4.69, 9.17) is 8.83 Å². The molecule has 1 atom stereocenters. The molecule has 0 fully saturated rings. The maximum absolute atomic E-state index is 11.8. The Morgan fingerprint density at radius 1 is 1.35 bits per heavy atom. The van der Waals surface area contributed by atoms with Crippen molar-refractivity contribution >= 4 is 11.1 Å². The van der Waals surface area contributed by atoms with Gasteiger partial charge < -0.3 is 13.9 Å². The molecule has 0 saturated heterocycles. The maximum Gasteiger partial charge on any atom is 0.419 e. The zero-order valence-electron chi connectivity index (χ0n) is 11.1. The summed E-state index contributed by atoms with van der Waals surface area (Å²) in [6.45, 7) is 2.62. The van der Waals surface area contributed by atoms with Crippen LogP contribution in [0.25, 0.3) is 11.1 Å². The van der Waals surface area contributed by atoms with Crippen LogP contribution in [0.2, 0.25) is 0 Å². The molecule has 104 valence electrons. The van der Waals surface area contributed by atoms with E-state index in [0.29, 0.717) is 23.5 Å². The number of aromatic nitrogens is 1. The highest BCUT2D eigenvalue weighted by Crippen LogP contribution is 2.25. The smallest absolute Gasteiger partial charge is 0.419 e. The van der Waals surface area contributed by atoms with E-state index in [1.54, 1.807) is 34.9 Å². The number of aryl methyl sites for hydroxylation is 1. The van der Waals surface area contributed by atoms with Crippen LogP contribution in [-0.2, 0) is 6.54 Å². The predicted molar refractivity (Wildman–Crippen MR) is 73.5 cm³/mol. The van der Waals surface area contributed by atoms with E-state index in [1.807, 2.05) is 6.92 Å². The monoisotopic (exact) mass is 273 g/mol. The van der Waals surface area contributed by atoms with E-state index in [1.165, 1.54) is 6.26 Å². The first kappa shape index (κ1) is 12.7. The van der Waals surface area contributed by atoms with Gasteiger partial charge in [-0.05, 0) is 36.2 Å². The maximum atomic E-state index is 11.8. The number of hydrogen-bond donors (Lipinski definition) is 1. The third-order valence-corrected chi connectivity index (χ3v) is 3.27. The summed E-state index contributed by atoms with van der Waals surface area (Å²) < 4.78 is 12.0. The molecule has 2 heterocycles. The molecule has 1 unspecified atom stereocenters. The van der Waals surface area contributed by atoms with Gasteiger partial charge in [0.05, 0.1) is 11.8 Å². The Hall–Kier alpha value is -2.27. The molecular formula is C15H15NO4. The van der Waals surface area contributed by atoms with Gasteiger partial charge in [-0.2, -0.15) is 0 Å². The van der Waals surface area contributed by atoms with Crippen LogP contribution in [0.15, 0.2) is 50.2 Å². The average molecular weight is 273 g/mol. The molecule has 0 saturated carbocycles. The van der Waals surface area contributed by atoms with Gasteiger partial charge in [-0.1, -0.05) is 13.0 Å². The molecule has 0 radical (unpaired) electrons. The molecule has 1 N–H and O–H groups in total. The summed E-state index contributed by atoms with van der Waals surface area (Å²) in [6.07, 6.45) is 1.49. The van der Waals surface area contributed by atoms with Crippen LogP contribution in [0.5, 0.6) is 0 Å². The van der Waals surface area contributed by atoms with Crippen molar-refractivity contribution in [2.45, 2.75) is 26.0 Å². The summed E-state index contributed by atoms with van der Waals surface area (Å²) in [7, 11) is 0. The Kier molecular flexibility index (Phi) is 3.20. The molecule has 3 rings (SSSR count). The second-order valence-electron chi connectivity index (χ2n) is 4.66. The van der Waals surface area contributed by atoms with Crippen molar-refractivity contribution in [3.8, 4) is 0 Å². The Morgan fingerprint density at radius 2 is 2.20 bits per heavy atom. The van der Waals surface area contributed by atoms with Crippen molar-refractivity contribution in [1.29, 1.82) is 0 Å². The van der Waals surface area contributed by atoms with Gasteiger partial charge in [-0.3, -0.25) is 4.57 Å². The quantitative estimate of drug-likeness (QED) is 0.793. The highest BCUT2D eigenvalue weighted by Gasteiger charge is 2.16. The third kappa shape index (κ3) is 2.06. The lowest BCUT2D eigenvalue weighted by molar-refractivity contribution is 0.189. The van der Waals surface area contributed by atoms with Gasteiger partial charge in [-0.15, -0.1) is 0 Å². The van der Waals surface area contributed by atoms with E-state index < -0.39 is 6.10 Å². The fourth-order valence-electron chi connectivity index (χ4n) is 2.30. The largest absolute Gasteiger partial charge is 0.466 e. The lowest BCUT2D eigenvalue weighted by atomic mass is 10.1. The SMILES string of the molecule is CCCn1c(=O)oc2cc(C(O)c3ccco3)ccc21. The molecular weight excluding hydrogens is 258 g/mol. The number of hydrogen-bond acceptors (Lipinski definition) is 4. The molecule has 1 aromatic carbocycles. The summed E-state index contributed by atoms with van der Waals surface area (Å²) in [4.78, 5) is 11.8.